The number of carbonyl (C=O) groups is 1. The summed E-state index contributed by atoms with van der Waals surface area (Å²) in [4.78, 5) is 10.8. The maximum atomic E-state index is 12.4. The molecule has 1 aliphatic heterocycles. The van der Waals surface area contributed by atoms with E-state index in [9.17, 15) is 13.2 Å². The van der Waals surface area contributed by atoms with Gasteiger partial charge in [-0.2, -0.15) is 4.31 Å². The third-order valence-electron chi connectivity index (χ3n) is 3.42. The van der Waals surface area contributed by atoms with Gasteiger partial charge in [0.1, 0.15) is 6.54 Å². The van der Waals surface area contributed by atoms with Crippen LogP contribution in [0.4, 0.5) is 0 Å². The summed E-state index contributed by atoms with van der Waals surface area (Å²) < 4.78 is 31.1. The minimum Gasteiger partial charge on any atom is -0.480 e. The van der Waals surface area contributed by atoms with Gasteiger partial charge in [0, 0.05) is 19.8 Å². The minimum atomic E-state index is -3.50. The van der Waals surface area contributed by atoms with Crippen molar-refractivity contribution in [1.82, 2.24) is 4.31 Å². The summed E-state index contributed by atoms with van der Waals surface area (Å²) in [6, 6.07) is 0. The van der Waals surface area contributed by atoms with Crippen LogP contribution in [-0.4, -0.2) is 55.4 Å². The van der Waals surface area contributed by atoms with E-state index in [4.69, 9.17) is 9.84 Å². The summed E-state index contributed by atoms with van der Waals surface area (Å²) >= 11 is 0. The Bertz CT molecular complexity index is 398. The van der Waals surface area contributed by atoms with E-state index in [0.717, 1.165) is 17.1 Å². The predicted molar refractivity (Wildman–Crippen MR) is 64.7 cm³/mol. The van der Waals surface area contributed by atoms with Crippen LogP contribution in [0.1, 0.15) is 25.7 Å². The third-order valence-corrected chi connectivity index (χ3v) is 5.73. The number of sulfonamides is 1. The van der Waals surface area contributed by atoms with E-state index in [0.29, 0.717) is 38.5 Å². The van der Waals surface area contributed by atoms with E-state index in [1.807, 2.05) is 0 Å². The van der Waals surface area contributed by atoms with Crippen LogP contribution in [-0.2, 0) is 19.6 Å². The molecule has 2 fully saturated rings. The monoisotopic (exact) mass is 277 g/mol. The zero-order valence-corrected chi connectivity index (χ0v) is 11.1. The van der Waals surface area contributed by atoms with Crippen molar-refractivity contribution in [2.24, 2.45) is 5.92 Å². The molecule has 0 aromatic heterocycles. The second kappa shape index (κ2) is 5.54. The molecule has 1 heterocycles. The molecule has 104 valence electrons. The Morgan fingerprint density at radius 1 is 1.22 bits per heavy atom. The molecule has 0 spiro atoms. The smallest absolute Gasteiger partial charge is 0.318 e. The largest absolute Gasteiger partial charge is 0.480 e. The Kier molecular flexibility index (Phi) is 4.24. The molecule has 0 aromatic rings. The lowest BCUT2D eigenvalue weighted by atomic mass is 10.2. The fourth-order valence-corrected chi connectivity index (χ4v) is 4.10. The number of carboxylic acid groups (broad SMARTS) is 1. The first-order valence-electron chi connectivity index (χ1n) is 6.28. The molecule has 2 aliphatic rings. The fourth-order valence-electron chi connectivity index (χ4n) is 2.18. The summed E-state index contributed by atoms with van der Waals surface area (Å²) in [6.07, 6.45) is 2.92. The van der Waals surface area contributed by atoms with Crippen LogP contribution in [0.15, 0.2) is 0 Å². The van der Waals surface area contributed by atoms with Crippen LogP contribution >= 0.6 is 0 Å². The summed E-state index contributed by atoms with van der Waals surface area (Å²) in [6.45, 7) is 0.810. The molecule has 1 N–H and O–H groups in total. The van der Waals surface area contributed by atoms with Gasteiger partial charge in [-0.1, -0.05) is 0 Å². The Morgan fingerprint density at radius 3 is 2.33 bits per heavy atom. The Hall–Kier alpha value is -0.660. The lowest BCUT2D eigenvalue weighted by Crippen LogP contribution is -2.44. The predicted octanol–water partition coefficient (Wildman–Crippen LogP) is 0.292. The van der Waals surface area contributed by atoms with E-state index in [2.05, 4.69) is 0 Å². The molecular formula is C11H19NO5S. The highest BCUT2D eigenvalue weighted by Gasteiger charge is 2.37. The number of hydrogen-bond donors (Lipinski definition) is 1. The van der Waals surface area contributed by atoms with Gasteiger partial charge in [-0.05, 0) is 31.6 Å². The van der Waals surface area contributed by atoms with E-state index < -0.39 is 27.8 Å². The molecule has 0 unspecified atom stereocenters. The lowest BCUT2D eigenvalue weighted by molar-refractivity contribution is -0.137. The molecule has 0 amide bonds. The van der Waals surface area contributed by atoms with Crippen molar-refractivity contribution < 1.29 is 23.1 Å². The van der Waals surface area contributed by atoms with Gasteiger partial charge >= 0.3 is 5.97 Å². The van der Waals surface area contributed by atoms with Crippen LogP contribution in [0, 0.1) is 5.92 Å². The third kappa shape index (κ3) is 3.43. The molecule has 0 aromatic carbocycles. The topological polar surface area (TPSA) is 83.9 Å². The van der Waals surface area contributed by atoms with Crippen molar-refractivity contribution in [2.45, 2.75) is 30.9 Å². The molecule has 18 heavy (non-hydrogen) atoms. The molecule has 2 rings (SSSR count). The average Bonchev–Trinajstić information content (AvgIpc) is 3.13. The summed E-state index contributed by atoms with van der Waals surface area (Å²) in [5, 5.41) is 8.37. The van der Waals surface area contributed by atoms with Gasteiger partial charge in [-0.15, -0.1) is 0 Å². The van der Waals surface area contributed by atoms with E-state index in [1.54, 1.807) is 0 Å². The van der Waals surface area contributed by atoms with Crippen LogP contribution < -0.4 is 0 Å². The number of ether oxygens (including phenoxy) is 1. The molecular weight excluding hydrogens is 258 g/mol. The van der Waals surface area contributed by atoms with Crippen LogP contribution in [0.5, 0.6) is 0 Å². The molecule has 6 nitrogen and oxygen atoms in total. The number of carboxylic acids is 1. The number of nitrogens with zero attached hydrogens (tertiary/aromatic N) is 1. The summed E-state index contributed by atoms with van der Waals surface area (Å²) in [7, 11) is -3.50. The van der Waals surface area contributed by atoms with Gasteiger partial charge in [0.15, 0.2) is 0 Å². The van der Waals surface area contributed by atoms with Crippen molar-refractivity contribution >= 4 is 16.0 Å². The van der Waals surface area contributed by atoms with Crippen molar-refractivity contribution in [2.75, 3.05) is 26.3 Å². The minimum absolute atomic E-state index is 0.346. The number of aliphatic carboxylic acids is 1. The van der Waals surface area contributed by atoms with E-state index in [-0.39, 0.29) is 0 Å². The molecule has 1 aliphatic carbocycles. The van der Waals surface area contributed by atoms with Gasteiger partial charge in [0.25, 0.3) is 0 Å². The van der Waals surface area contributed by atoms with E-state index in [1.165, 1.54) is 0 Å². The first-order chi connectivity index (χ1) is 8.50. The van der Waals surface area contributed by atoms with Gasteiger partial charge in [0.2, 0.25) is 10.0 Å². The first kappa shape index (κ1) is 13.8. The normalized spacial score (nSPS) is 22.3. The number of hydrogen-bond acceptors (Lipinski definition) is 4. The molecule has 7 heteroatoms. The lowest BCUT2D eigenvalue weighted by Gasteiger charge is -2.28. The Labute approximate surface area is 107 Å². The van der Waals surface area contributed by atoms with Crippen molar-refractivity contribution in [3.8, 4) is 0 Å². The highest BCUT2D eigenvalue weighted by atomic mass is 32.2. The SMILES string of the molecule is O=C(O)CN(CC1CC1)S(=O)(=O)C1CCOCC1. The molecule has 1 saturated heterocycles. The molecule has 0 atom stereocenters. The highest BCUT2D eigenvalue weighted by molar-refractivity contribution is 7.89. The zero-order valence-electron chi connectivity index (χ0n) is 10.2. The van der Waals surface area contributed by atoms with Crippen LogP contribution in [0.2, 0.25) is 0 Å². The van der Waals surface area contributed by atoms with Crippen molar-refractivity contribution in [3.05, 3.63) is 0 Å². The standard InChI is InChI=1S/C11H19NO5S/c13-11(14)8-12(7-9-1-2-9)18(15,16)10-3-5-17-6-4-10/h9-10H,1-8H2,(H,13,14). The van der Waals surface area contributed by atoms with Gasteiger partial charge in [0.05, 0.1) is 5.25 Å². The molecule has 0 radical (unpaired) electrons. The van der Waals surface area contributed by atoms with Crippen molar-refractivity contribution in [1.29, 1.82) is 0 Å². The molecule has 1 saturated carbocycles. The first-order valence-corrected chi connectivity index (χ1v) is 7.79. The fraction of sp³-hybridized carbons (Fsp3) is 0.909. The van der Waals surface area contributed by atoms with Crippen LogP contribution in [0.25, 0.3) is 0 Å². The second-order valence-corrected chi connectivity index (χ2v) is 7.20. The summed E-state index contributed by atoms with van der Waals surface area (Å²) in [5.74, 6) is -0.745. The number of rotatable bonds is 6. The Balaban J connectivity index is 2.07. The van der Waals surface area contributed by atoms with Gasteiger partial charge in [-0.3, -0.25) is 4.79 Å². The highest BCUT2D eigenvalue weighted by Crippen LogP contribution is 2.31. The van der Waals surface area contributed by atoms with Gasteiger partial charge in [-0.25, -0.2) is 8.42 Å². The van der Waals surface area contributed by atoms with E-state index >= 15 is 0 Å². The second-order valence-electron chi connectivity index (χ2n) is 4.99. The van der Waals surface area contributed by atoms with Crippen molar-refractivity contribution in [3.63, 3.8) is 0 Å². The van der Waals surface area contributed by atoms with Gasteiger partial charge < -0.3 is 9.84 Å². The zero-order chi connectivity index (χ0) is 13.2. The maximum Gasteiger partial charge on any atom is 0.318 e. The maximum absolute atomic E-state index is 12.4. The Morgan fingerprint density at radius 2 is 1.83 bits per heavy atom. The summed E-state index contributed by atoms with van der Waals surface area (Å²) in [5.41, 5.74) is 0. The molecule has 0 bridgehead atoms. The quantitative estimate of drug-likeness (QED) is 0.754. The van der Waals surface area contributed by atoms with Crippen LogP contribution in [0.3, 0.4) is 0 Å². The average molecular weight is 277 g/mol.